The zero-order chi connectivity index (χ0) is 21.2. The first-order valence-electron chi connectivity index (χ1n) is 11.1. The van der Waals surface area contributed by atoms with Crippen molar-refractivity contribution in [1.29, 1.82) is 0 Å². The van der Waals surface area contributed by atoms with Crippen LogP contribution in [0.5, 0.6) is 0 Å². The molecular formula is C23H26N6O2. The Bertz CT molecular complexity index is 1140. The molecule has 5 rings (SSSR count). The van der Waals surface area contributed by atoms with Gasteiger partial charge in [-0.15, -0.1) is 10.2 Å². The second-order valence-corrected chi connectivity index (χ2v) is 8.26. The predicted octanol–water partition coefficient (Wildman–Crippen LogP) is 2.59. The zero-order valence-electron chi connectivity index (χ0n) is 17.5. The van der Waals surface area contributed by atoms with Gasteiger partial charge in [0.2, 0.25) is 5.91 Å². The van der Waals surface area contributed by atoms with E-state index in [0.29, 0.717) is 12.2 Å². The second kappa shape index (κ2) is 8.45. The summed E-state index contributed by atoms with van der Waals surface area (Å²) in [5.41, 5.74) is 1.31. The van der Waals surface area contributed by atoms with Gasteiger partial charge in [0.15, 0.2) is 5.82 Å². The summed E-state index contributed by atoms with van der Waals surface area (Å²) < 4.78 is 3.48. The van der Waals surface area contributed by atoms with Gasteiger partial charge in [-0.05, 0) is 31.7 Å². The quantitative estimate of drug-likeness (QED) is 0.650. The van der Waals surface area contributed by atoms with Gasteiger partial charge in [0.1, 0.15) is 12.4 Å². The first-order valence-corrected chi connectivity index (χ1v) is 11.1. The highest BCUT2D eigenvalue weighted by Crippen LogP contribution is 2.32. The molecule has 1 atom stereocenters. The number of aromatic nitrogens is 5. The lowest BCUT2D eigenvalue weighted by Gasteiger charge is -2.25. The van der Waals surface area contributed by atoms with E-state index in [0.717, 1.165) is 55.9 Å². The van der Waals surface area contributed by atoms with E-state index in [2.05, 4.69) is 19.9 Å². The van der Waals surface area contributed by atoms with E-state index in [9.17, 15) is 9.59 Å². The fraction of sp³-hybridized carbons (Fsp3) is 0.435. The first kappa shape index (κ1) is 19.7. The van der Waals surface area contributed by atoms with Gasteiger partial charge in [-0.2, -0.15) is 5.10 Å². The Morgan fingerprint density at radius 2 is 1.84 bits per heavy atom. The smallest absolute Gasteiger partial charge is 0.267 e. The van der Waals surface area contributed by atoms with Crippen LogP contribution in [0, 0.1) is 0 Å². The molecule has 0 N–H and O–H groups in total. The highest BCUT2D eigenvalue weighted by molar-refractivity contribution is 5.76. The molecule has 0 unspecified atom stereocenters. The molecule has 0 bridgehead atoms. The van der Waals surface area contributed by atoms with Crippen molar-refractivity contribution in [2.45, 2.75) is 57.7 Å². The Balaban J connectivity index is 1.38. The van der Waals surface area contributed by atoms with Crippen molar-refractivity contribution in [2.24, 2.45) is 0 Å². The number of carbonyl (C=O) groups is 1. The maximum atomic E-state index is 13.2. The van der Waals surface area contributed by atoms with E-state index in [-0.39, 0.29) is 24.1 Å². The van der Waals surface area contributed by atoms with Crippen LogP contribution < -0.4 is 5.56 Å². The minimum atomic E-state index is -0.278. The Morgan fingerprint density at radius 1 is 0.968 bits per heavy atom. The standard InChI is InChI=1S/C23H26N6O2/c30-21-13-12-18(17-8-3-1-4-9-17)26-29(21)16-22(31)27-15-7-10-19(27)23-25-24-20-11-5-2-6-14-28(20)23/h1,3-4,8-9,12-13,19H,2,5-7,10-11,14-16H2/t19-/m0/s1. The lowest BCUT2D eigenvalue weighted by atomic mass is 10.1. The van der Waals surface area contributed by atoms with Crippen molar-refractivity contribution < 1.29 is 4.79 Å². The van der Waals surface area contributed by atoms with Gasteiger partial charge in [-0.1, -0.05) is 36.8 Å². The normalized spacial score (nSPS) is 18.6. The number of carbonyl (C=O) groups excluding carboxylic acids is 1. The van der Waals surface area contributed by atoms with Gasteiger partial charge in [0.25, 0.3) is 5.56 Å². The first-order chi connectivity index (χ1) is 15.2. The second-order valence-electron chi connectivity index (χ2n) is 8.26. The average Bonchev–Trinajstić information content (AvgIpc) is 3.36. The van der Waals surface area contributed by atoms with Crippen LogP contribution >= 0.6 is 0 Å². The summed E-state index contributed by atoms with van der Waals surface area (Å²) in [4.78, 5) is 27.5. The maximum Gasteiger partial charge on any atom is 0.267 e. The topological polar surface area (TPSA) is 85.9 Å². The third-order valence-electron chi connectivity index (χ3n) is 6.23. The van der Waals surface area contributed by atoms with Crippen LogP contribution in [0.1, 0.15) is 49.8 Å². The molecule has 2 aliphatic rings. The van der Waals surface area contributed by atoms with Crippen LogP contribution in [0.3, 0.4) is 0 Å². The van der Waals surface area contributed by atoms with E-state index in [1.54, 1.807) is 6.07 Å². The van der Waals surface area contributed by atoms with E-state index in [4.69, 9.17) is 0 Å². The van der Waals surface area contributed by atoms with Crippen molar-refractivity contribution in [1.82, 2.24) is 29.4 Å². The average molecular weight is 419 g/mol. The number of hydrogen-bond donors (Lipinski definition) is 0. The van der Waals surface area contributed by atoms with E-state index in [1.807, 2.05) is 35.2 Å². The summed E-state index contributed by atoms with van der Waals surface area (Å²) in [5.74, 6) is 1.81. The number of benzene rings is 1. The van der Waals surface area contributed by atoms with Crippen molar-refractivity contribution >= 4 is 5.91 Å². The van der Waals surface area contributed by atoms with Gasteiger partial charge in [-0.25, -0.2) is 4.68 Å². The minimum absolute atomic E-state index is 0.0724. The molecule has 8 heteroatoms. The molecule has 0 spiro atoms. The number of amides is 1. The van der Waals surface area contributed by atoms with Crippen molar-refractivity contribution in [3.05, 3.63) is 64.5 Å². The molecule has 2 aromatic heterocycles. The summed E-state index contributed by atoms with van der Waals surface area (Å²) in [6, 6.07) is 12.7. The van der Waals surface area contributed by atoms with Gasteiger partial charge in [-0.3, -0.25) is 9.59 Å². The highest BCUT2D eigenvalue weighted by Gasteiger charge is 2.34. The van der Waals surface area contributed by atoms with Crippen molar-refractivity contribution in [3.8, 4) is 11.3 Å². The molecule has 1 fully saturated rings. The Kier molecular flexibility index (Phi) is 5.36. The molecule has 8 nitrogen and oxygen atoms in total. The molecular weight excluding hydrogens is 392 g/mol. The largest absolute Gasteiger partial charge is 0.331 e. The van der Waals surface area contributed by atoms with Gasteiger partial charge < -0.3 is 9.47 Å². The molecule has 1 saturated heterocycles. The molecule has 0 aliphatic carbocycles. The molecule has 3 aromatic rings. The SMILES string of the molecule is O=C(Cn1nc(-c2ccccc2)ccc1=O)N1CCC[C@H]1c1nnc2n1CCCCC2. The lowest BCUT2D eigenvalue weighted by Crippen LogP contribution is -2.37. The summed E-state index contributed by atoms with van der Waals surface area (Å²) >= 11 is 0. The third kappa shape index (κ3) is 3.89. The van der Waals surface area contributed by atoms with E-state index >= 15 is 0 Å². The van der Waals surface area contributed by atoms with Crippen LogP contribution in [-0.4, -0.2) is 41.9 Å². The number of aryl methyl sites for hydroxylation is 1. The van der Waals surface area contributed by atoms with E-state index < -0.39 is 0 Å². The fourth-order valence-corrected chi connectivity index (χ4v) is 4.63. The molecule has 31 heavy (non-hydrogen) atoms. The number of fused-ring (bicyclic) bond motifs is 1. The van der Waals surface area contributed by atoms with Gasteiger partial charge in [0.05, 0.1) is 11.7 Å². The molecule has 1 amide bonds. The van der Waals surface area contributed by atoms with Crippen LogP contribution in [0.15, 0.2) is 47.3 Å². The van der Waals surface area contributed by atoms with Crippen LogP contribution in [0.2, 0.25) is 0 Å². The number of rotatable bonds is 4. The summed E-state index contributed by atoms with van der Waals surface area (Å²) in [6.45, 7) is 1.51. The Morgan fingerprint density at radius 3 is 2.71 bits per heavy atom. The molecule has 0 radical (unpaired) electrons. The third-order valence-corrected chi connectivity index (χ3v) is 6.23. The number of hydrogen-bond acceptors (Lipinski definition) is 5. The van der Waals surface area contributed by atoms with Gasteiger partial charge >= 0.3 is 0 Å². The van der Waals surface area contributed by atoms with Crippen LogP contribution in [0.4, 0.5) is 0 Å². The van der Waals surface area contributed by atoms with Crippen LogP contribution in [-0.2, 0) is 24.3 Å². The molecule has 2 aliphatic heterocycles. The van der Waals surface area contributed by atoms with Crippen LogP contribution in [0.25, 0.3) is 11.3 Å². The number of nitrogens with zero attached hydrogens (tertiary/aromatic N) is 6. The molecule has 1 aromatic carbocycles. The predicted molar refractivity (Wildman–Crippen MR) is 115 cm³/mol. The molecule has 4 heterocycles. The Labute approximate surface area is 180 Å². The Hall–Kier alpha value is -3.29. The monoisotopic (exact) mass is 418 g/mol. The fourth-order valence-electron chi connectivity index (χ4n) is 4.63. The molecule has 160 valence electrons. The van der Waals surface area contributed by atoms with Crippen molar-refractivity contribution in [3.63, 3.8) is 0 Å². The van der Waals surface area contributed by atoms with E-state index in [1.165, 1.54) is 17.2 Å². The summed E-state index contributed by atoms with van der Waals surface area (Å²) in [5, 5.41) is 13.3. The highest BCUT2D eigenvalue weighted by atomic mass is 16.2. The van der Waals surface area contributed by atoms with Crippen molar-refractivity contribution in [2.75, 3.05) is 6.54 Å². The molecule has 0 saturated carbocycles. The maximum absolute atomic E-state index is 13.2. The summed E-state index contributed by atoms with van der Waals surface area (Å²) in [7, 11) is 0. The number of likely N-dealkylation sites (tertiary alicyclic amines) is 1. The lowest BCUT2D eigenvalue weighted by molar-refractivity contribution is -0.133. The minimum Gasteiger partial charge on any atom is -0.331 e. The van der Waals surface area contributed by atoms with Gasteiger partial charge in [0, 0.05) is 31.1 Å². The summed E-state index contributed by atoms with van der Waals surface area (Å²) in [6.07, 6.45) is 6.19. The zero-order valence-corrected chi connectivity index (χ0v) is 17.5.